The molecule has 1 aromatic carbocycles. The molecule has 1 unspecified atom stereocenters. The average Bonchev–Trinajstić information content (AvgIpc) is 3.05. The molecule has 0 saturated heterocycles. The van der Waals surface area contributed by atoms with Crippen LogP contribution in [0, 0.1) is 26.6 Å². The normalized spacial score (nSPS) is 12.3. The second kappa shape index (κ2) is 10.5. The van der Waals surface area contributed by atoms with Gasteiger partial charge in [-0.3, -0.25) is 4.99 Å². The van der Waals surface area contributed by atoms with Crippen molar-refractivity contribution in [2.45, 2.75) is 40.3 Å². The molecule has 1 atom stereocenters. The van der Waals surface area contributed by atoms with Gasteiger partial charge in [0.15, 0.2) is 11.8 Å². The van der Waals surface area contributed by atoms with E-state index in [1.54, 1.807) is 26.1 Å². The molecule has 0 fully saturated rings. The number of nitrogens with one attached hydrogen (secondary N) is 2. The second-order valence-corrected chi connectivity index (χ2v) is 7.16. The van der Waals surface area contributed by atoms with Gasteiger partial charge in [0.2, 0.25) is 0 Å². The van der Waals surface area contributed by atoms with E-state index in [4.69, 9.17) is 0 Å². The van der Waals surface area contributed by atoms with Crippen LogP contribution < -0.4 is 10.6 Å². The molecule has 0 aliphatic rings. The SMILES string of the molecule is CN=C(NCc1ccc(-n2nc(C)cc2C)nc1)NC(C)c1ccc(C)c(F)c1.I. The average molecular weight is 522 g/mol. The molecule has 0 amide bonds. The Hall–Kier alpha value is -2.49. The monoisotopic (exact) mass is 522 g/mol. The van der Waals surface area contributed by atoms with Gasteiger partial charge in [0.05, 0.1) is 11.7 Å². The maximum Gasteiger partial charge on any atom is 0.191 e. The van der Waals surface area contributed by atoms with Crippen molar-refractivity contribution in [2.24, 2.45) is 4.99 Å². The quantitative estimate of drug-likeness (QED) is 0.297. The summed E-state index contributed by atoms with van der Waals surface area (Å²) in [4.78, 5) is 8.77. The van der Waals surface area contributed by atoms with Crippen LogP contribution in [0.25, 0.3) is 5.82 Å². The second-order valence-electron chi connectivity index (χ2n) is 7.16. The summed E-state index contributed by atoms with van der Waals surface area (Å²) in [5, 5.41) is 11.0. The van der Waals surface area contributed by atoms with E-state index in [9.17, 15) is 4.39 Å². The predicted octanol–water partition coefficient (Wildman–Crippen LogP) is 4.38. The summed E-state index contributed by atoms with van der Waals surface area (Å²) < 4.78 is 15.7. The van der Waals surface area contributed by atoms with Gasteiger partial charge in [-0.15, -0.1) is 24.0 Å². The summed E-state index contributed by atoms with van der Waals surface area (Å²) in [6, 6.07) is 11.2. The molecule has 0 spiro atoms. The molecule has 0 saturated carbocycles. The maximum atomic E-state index is 13.8. The Morgan fingerprint density at radius 2 is 1.93 bits per heavy atom. The van der Waals surface area contributed by atoms with Crippen LogP contribution in [0.15, 0.2) is 47.6 Å². The molecule has 6 nitrogen and oxygen atoms in total. The predicted molar refractivity (Wildman–Crippen MR) is 129 cm³/mol. The van der Waals surface area contributed by atoms with E-state index in [0.717, 1.165) is 28.3 Å². The Morgan fingerprint density at radius 1 is 1.17 bits per heavy atom. The number of hydrogen-bond donors (Lipinski definition) is 2. The zero-order valence-corrected chi connectivity index (χ0v) is 20.2. The molecule has 30 heavy (non-hydrogen) atoms. The molecule has 3 aromatic rings. The Labute approximate surface area is 194 Å². The van der Waals surface area contributed by atoms with Crippen LogP contribution >= 0.6 is 24.0 Å². The van der Waals surface area contributed by atoms with Crippen LogP contribution in [0.3, 0.4) is 0 Å². The Kier molecular flexibility index (Phi) is 8.33. The highest BCUT2D eigenvalue weighted by atomic mass is 127. The molecule has 0 aliphatic carbocycles. The van der Waals surface area contributed by atoms with E-state index in [1.165, 1.54) is 0 Å². The lowest BCUT2D eigenvalue weighted by atomic mass is 10.1. The van der Waals surface area contributed by atoms with Crippen LogP contribution in [-0.4, -0.2) is 27.8 Å². The van der Waals surface area contributed by atoms with Crippen molar-refractivity contribution in [1.29, 1.82) is 0 Å². The number of aliphatic imine (C=N–C) groups is 1. The summed E-state index contributed by atoms with van der Waals surface area (Å²) in [5.74, 6) is 1.23. The van der Waals surface area contributed by atoms with Gasteiger partial charge in [-0.05, 0) is 62.6 Å². The number of hydrogen-bond acceptors (Lipinski definition) is 3. The highest BCUT2D eigenvalue weighted by Gasteiger charge is 2.10. The van der Waals surface area contributed by atoms with Gasteiger partial charge in [-0.2, -0.15) is 5.10 Å². The minimum absolute atomic E-state index is 0. The zero-order valence-electron chi connectivity index (χ0n) is 17.9. The van der Waals surface area contributed by atoms with Gasteiger partial charge < -0.3 is 10.6 Å². The first-order valence-electron chi connectivity index (χ1n) is 9.59. The largest absolute Gasteiger partial charge is 0.352 e. The number of nitrogens with zero attached hydrogens (tertiary/aromatic N) is 4. The first-order chi connectivity index (χ1) is 13.9. The van der Waals surface area contributed by atoms with Crippen molar-refractivity contribution in [3.05, 3.63) is 76.5 Å². The number of guanidine groups is 1. The van der Waals surface area contributed by atoms with Crippen molar-refractivity contribution in [3.8, 4) is 5.82 Å². The highest BCUT2D eigenvalue weighted by Crippen LogP contribution is 2.16. The highest BCUT2D eigenvalue weighted by molar-refractivity contribution is 14.0. The third-order valence-corrected chi connectivity index (χ3v) is 4.77. The molecular weight excluding hydrogens is 494 g/mol. The van der Waals surface area contributed by atoms with E-state index in [2.05, 4.69) is 25.7 Å². The fourth-order valence-corrected chi connectivity index (χ4v) is 3.05. The van der Waals surface area contributed by atoms with Crippen LogP contribution in [0.4, 0.5) is 4.39 Å². The number of halogens is 2. The summed E-state index contributed by atoms with van der Waals surface area (Å²) in [7, 11) is 1.71. The first kappa shape index (κ1) is 23.8. The molecule has 3 rings (SSSR count). The lowest BCUT2D eigenvalue weighted by Crippen LogP contribution is -2.38. The van der Waals surface area contributed by atoms with E-state index < -0.39 is 0 Å². The molecule has 0 bridgehead atoms. The number of aryl methyl sites for hydroxylation is 3. The van der Waals surface area contributed by atoms with Crippen LogP contribution in [0.1, 0.15) is 41.0 Å². The third-order valence-electron chi connectivity index (χ3n) is 4.77. The lowest BCUT2D eigenvalue weighted by molar-refractivity contribution is 0.607. The van der Waals surface area contributed by atoms with Crippen molar-refractivity contribution >= 4 is 29.9 Å². The van der Waals surface area contributed by atoms with Gasteiger partial charge in [0.1, 0.15) is 5.82 Å². The molecule has 2 aromatic heterocycles. The molecule has 0 radical (unpaired) electrons. The smallest absolute Gasteiger partial charge is 0.191 e. The maximum absolute atomic E-state index is 13.8. The van der Waals surface area contributed by atoms with Gasteiger partial charge in [0, 0.05) is 25.5 Å². The number of aromatic nitrogens is 3. The fraction of sp³-hybridized carbons (Fsp3) is 0.318. The van der Waals surface area contributed by atoms with Crippen molar-refractivity contribution in [2.75, 3.05) is 7.05 Å². The number of benzene rings is 1. The minimum atomic E-state index is -0.201. The van der Waals surface area contributed by atoms with Gasteiger partial charge in [-0.1, -0.05) is 18.2 Å². The zero-order chi connectivity index (χ0) is 21.0. The Morgan fingerprint density at radius 3 is 2.50 bits per heavy atom. The van der Waals surface area contributed by atoms with E-state index in [0.29, 0.717) is 18.1 Å². The standard InChI is InChI=1S/C22H27FN6.HI/c1-14-6-8-19(11-20(14)23)17(4)27-22(24-5)26-13-18-7-9-21(25-12-18)29-16(3)10-15(2)28-29;/h6-12,17H,13H2,1-5H3,(H2,24,26,27);1H. The molecular formula is C22H28FIN6. The van der Waals surface area contributed by atoms with E-state index >= 15 is 0 Å². The van der Waals surface area contributed by atoms with Gasteiger partial charge >= 0.3 is 0 Å². The molecule has 2 N–H and O–H groups in total. The van der Waals surface area contributed by atoms with Crippen LogP contribution in [-0.2, 0) is 6.54 Å². The molecule has 0 aliphatic heterocycles. The Balaban J connectivity index is 0.00000320. The molecule has 160 valence electrons. The summed E-state index contributed by atoms with van der Waals surface area (Å²) in [6.45, 7) is 8.27. The number of pyridine rings is 1. The third kappa shape index (κ3) is 5.78. The summed E-state index contributed by atoms with van der Waals surface area (Å²) in [5.41, 5.74) is 4.54. The fourth-order valence-electron chi connectivity index (χ4n) is 3.05. The molecule has 8 heteroatoms. The number of rotatable bonds is 5. The summed E-state index contributed by atoms with van der Waals surface area (Å²) >= 11 is 0. The minimum Gasteiger partial charge on any atom is -0.352 e. The van der Waals surface area contributed by atoms with Crippen LogP contribution in [0.2, 0.25) is 0 Å². The topological polar surface area (TPSA) is 67.1 Å². The van der Waals surface area contributed by atoms with Crippen molar-refractivity contribution < 1.29 is 4.39 Å². The molecule has 2 heterocycles. The van der Waals surface area contributed by atoms with E-state index in [1.807, 2.05) is 55.9 Å². The van der Waals surface area contributed by atoms with E-state index in [-0.39, 0.29) is 35.8 Å². The Bertz CT molecular complexity index is 1010. The van der Waals surface area contributed by atoms with Crippen LogP contribution in [0.5, 0.6) is 0 Å². The lowest BCUT2D eigenvalue weighted by Gasteiger charge is -2.18. The van der Waals surface area contributed by atoms with Crippen molar-refractivity contribution in [1.82, 2.24) is 25.4 Å². The van der Waals surface area contributed by atoms with Gasteiger partial charge in [-0.25, -0.2) is 14.1 Å². The van der Waals surface area contributed by atoms with Crippen molar-refractivity contribution in [3.63, 3.8) is 0 Å². The summed E-state index contributed by atoms with van der Waals surface area (Å²) in [6.07, 6.45) is 1.82. The first-order valence-corrected chi connectivity index (χ1v) is 9.59. The van der Waals surface area contributed by atoms with Gasteiger partial charge in [0.25, 0.3) is 0 Å².